The molecule has 0 saturated heterocycles. The van der Waals surface area contributed by atoms with Gasteiger partial charge >= 0.3 is 0 Å². The number of rotatable bonds is 6. The predicted molar refractivity (Wildman–Crippen MR) is 58.0 cm³/mol. The van der Waals surface area contributed by atoms with Gasteiger partial charge in [-0.1, -0.05) is 0 Å². The average molecular weight is 200 g/mol. The van der Waals surface area contributed by atoms with E-state index in [0.29, 0.717) is 0 Å². The fraction of sp³-hybridized carbons (Fsp3) is 0.800. The monoisotopic (exact) mass is 200 g/mol. The Morgan fingerprint density at radius 1 is 1.31 bits per heavy atom. The molecule has 0 heterocycles. The Balaban J connectivity index is 3.33. The highest BCUT2D eigenvalue weighted by Gasteiger charge is 2.12. The molecular formula is C10H20O2Si. The summed E-state index contributed by atoms with van der Waals surface area (Å²) in [6.45, 7) is 9.21. The molecule has 0 aliphatic carbocycles. The first kappa shape index (κ1) is 12.6. The van der Waals surface area contributed by atoms with Crippen molar-refractivity contribution in [3.8, 4) is 0 Å². The van der Waals surface area contributed by atoms with Crippen LogP contribution in [0.15, 0.2) is 5.57 Å². The van der Waals surface area contributed by atoms with Gasteiger partial charge in [0, 0.05) is 12.2 Å². The van der Waals surface area contributed by atoms with Crippen molar-refractivity contribution >= 4 is 14.3 Å². The lowest BCUT2D eigenvalue weighted by molar-refractivity contribution is 0.301. The molecule has 0 radical (unpaired) electrons. The third-order valence-electron chi connectivity index (χ3n) is 1.66. The Kier molecular flexibility index (Phi) is 5.96. The Labute approximate surface area is 82.1 Å². The SMILES string of the molecule is CC(=C=O)CCCCO[Si](C)(C)C. The third kappa shape index (κ3) is 9.54. The number of carbonyl (C=O) groups excluding carboxylic acids is 1. The fourth-order valence-electron chi connectivity index (χ4n) is 0.922. The van der Waals surface area contributed by atoms with Crippen LogP contribution in [0.5, 0.6) is 0 Å². The minimum absolute atomic E-state index is 0.813. The lowest BCUT2D eigenvalue weighted by Gasteiger charge is -2.16. The largest absolute Gasteiger partial charge is 0.418 e. The van der Waals surface area contributed by atoms with E-state index in [2.05, 4.69) is 19.6 Å². The lowest BCUT2D eigenvalue weighted by Crippen LogP contribution is -2.25. The molecule has 0 aromatic carbocycles. The van der Waals surface area contributed by atoms with Gasteiger partial charge in [0.15, 0.2) is 8.32 Å². The zero-order valence-corrected chi connectivity index (χ0v) is 10.1. The molecule has 0 rings (SSSR count). The molecular weight excluding hydrogens is 180 g/mol. The van der Waals surface area contributed by atoms with Gasteiger partial charge in [0.05, 0.1) is 0 Å². The summed E-state index contributed by atoms with van der Waals surface area (Å²) in [4.78, 5) is 10.1. The summed E-state index contributed by atoms with van der Waals surface area (Å²) in [5, 5.41) is 0. The lowest BCUT2D eigenvalue weighted by atomic mass is 10.1. The molecule has 76 valence electrons. The van der Waals surface area contributed by atoms with Crippen molar-refractivity contribution in [2.24, 2.45) is 0 Å². The maximum Gasteiger partial charge on any atom is 0.183 e. The molecule has 2 nitrogen and oxygen atoms in total. The van der Waals surface area contributed by atoms with Gasteiger partial charge in [0.2, 0.25) is 0 Å². The van der Waals surface area contributed by atoms with Gasteiger partial charge in [-0.15, -0.1) is 0 Å². The van der Waals surface area contributed by atoms with Gasteiger partial charge in [-0.05, 0) is 45.8 Å². The molecule has 13 heavy (non-hydrogen) atoms. The standard InChI is InChI=1S/C10H20O2Si/c1-10(9-11)7-5-6-8-12-13(2,3)4/h5-8H2,1-4H3. The molecule has 0 N–H and O–H groups in total. The van der Waals surface area contributed by atoms with E-state index in [-0.39, 0.29) is 0 Å². The highest BCUT2D eigenvalue weighted by Crippen LogP contribution is 2.07. The van der Waals surface area contributed by atoms with Crippen molar-refractivity contribution in [1.29, 1.82) is 0 Å². The zero-order chi connectivity index (χ0) is 10.3. The third-order valence-corrected chi connectivity index (χ3v) is 2.73. The quantitative estimate of drug-likeness (QED) is 0.374. The van der Waals surface area contributed by atoms with Crippen LogP contribution in [-0.4, -0.2) is 20.9 Å². The molecule has 0 amide bonds. The normalized spacial score (nSPS) is 11.1. The van der Waals surface area contributed by atoms with E-state index < -0.39 is 8.32 Å². The topological polar surface area (TPSA) is 26.3 Å². The number of allylic oxidation sites excluding steroid dienone is 1. The fourth-order valence-corrected chi connectivity index (χ4v) is 1.68. The average Bonchev–Trinajstić information content (AvgIpc) is 2.01. The Morgan fingerprint density at radius 2 is 1.92 bits per heavy atom. The Bertz CT molecular complexity index is 188. The molecule has 3 heteroatoms. The van der Waals surface area contributed by atoms with E-state index in [1.54, 1.807) is 0 Å². The molecule has 0 aromatic heterocycles. The van der Waals surface area contributed by atoms with Crippen molar-refractivity contribution < 1.29 is 9.22 Å². The smallest absolute Gasteiger partial charge is 0.183 e. The molecule has 0 saturated carbocycles. The van der Waals surface area contributed by atoms with E-state index in [1.807, 2.05) is 12.9 Å². The molecule has 0 bridgehead atoms. The molecule has 0 aliphatic rings. The maximum atomic E-state index is 10.1. The summed E-state index contributed by atoms with van der Waals surface area (Å²) in [5.41, 5.74) is 0.813. The Hall–Kier alpha value is -0.373. The number of unbranched alkanes of at least 4 members (excludes halogenated alkanes) is 1. The molecule has 0 atom stereocenters. The van der Waals surface area contributed by atoms with Crippen LogP contribution in [-0.2, 0) is 9.22 Å². The van der Waals surface area contributed by atoms with Gasteiger partial charge in [0.1, 0.15) is 5.94 Å². The zero-order valence-electron chi connectivity index (χ0n) is 9.14. The number of hydrogen-bond donors (Lipinski definition) is 0. The van der Waals surface area contributed by atoms with Gasteiger partial charge in [-0.3, -0.25) is 0 Å². The van der Waals surface area contributed by atoms with Crippen molar-refractivity contribution in [3.63, 3.8) is 0 Å². The van der Waals surface area contributed by atoms with Crippen molar-refractivity contribution in [1.82, 2.24) is 0 Å². The molecule has 0 aromatic rings. The predicted octanol–water partition coefficient (Wildman–Crippen LogP) is 2.79. The van der Waals surface area contributed by atoms with Crippen LogP contribution in [0.1, 0.15) is 26.2 Å². The van der Waals surface area contributed by atoms with Crippen LogP contribution >= 0.6 is 0 Å². The van der Waals surface area contributed by atoms with E-state index in [1.165, 1.54) is 0 Å². The molecule has 0 aliphatic heterocycles. The van der Waals surface area contributed by atoms with Crippen LogP contribution < -0.4 is 0 Å². The van der Waals surface area contributed by atoms with Gasteiger partial charge in [0.25, 0.3) is 0 Å². The number of hydrogen-bond acceptors (Lipinski definition) is 2. The van der Waals surface area contributed by atoms with E-state index in [4.69, 9.17) is 4.43 Å². The molecule has 0 unspecified atom stereocenters. The second-order valence-electron chi connectivity index (χ2n) is 4.30. The van der Waals surface area contributed by atoms with Crippen LogP contribution in [0.2, 0.25) is 19.6 Å². The van der Waals surface area contributed by atoms with Gasteiger partial charge < -0.3 is 4.43 Å². The minimum atomic E-state index is -1.33. The van der Waals surface area contributed by atoms with Gasteiger partial charge in [-0.2, -0.15) is 0 Å². The second-order valence-corrected chi connectivity index (χ2v) is 8.81. The minimum Gasteiger partial charge on any atom is -0.418 e. The second kappa shape index (κ2) is 6.14. The van der Waals surface area contributed by atoms with Crippen LogP contribution in [0.3, 0.4) is 0 Å². The van der Waals surface area contributed by atoms with E-state index >= 15 is 0 Å². The summed E-state index contributed by atoms with van der Waals surface area (Å²) in [5.74, 6) is 1.91. The van der Waals surface area contributed by atoms with Crippen LogP contribution in [0, 0.1) is 0 Å². The molecule has 0 fully saturated rings. The van der Waals surface area contributed by atoms with Crippen molar-refractivity contribution in [2.75, 3.05) is 6.61 Å². The van der Waals surface area contributed by atoms with E-state index in [9.17, 15) is 4.79 Å². The van der Waals surface area contributed by atoms with Crippen molar-refractivity contribution in [3.05, 3.63) is 5.57 Å². The molecule has 0 spiro atoms. The van der Waals surface area contributed by atoms with Crippen LogP contribution in [0.4, 0.5) is 0 Å². The van der Waals surface area contributed by atoms with Crippen LogP contribution in [0.25, 0.3) is 0 Å². The first-order valence-electron chi connectivity index (χ1n) is 4.80. The summed E-state index contributed by atoms with van der Waals surface area (Å²) in [6.07, 6.45) is 2.94. The van der Waals surface area contributed by atoms with Gasteiger partial charge in [-0.25, -0.2) is 4.79 Å². The highest BCUT2D eigenvalue weighted by molar-refractivity contribution is 6.69. The summed E-state index contributed by atoms with van der Waals surface area (Å²) >= 11 is 0. The first-order chi connectivity index (χ1) is 5.95. The Morgan fingerprint density at radius 3 is 2.38 bits per heavy atom. The van der Waals surface area contributed by atoms with E-state index in [0.717, 1.165) is 31.4 Å². The highest BCUT2D eigenvalue weighted by atomic mass is 28.4. The first-order valence-corrected chi connectivity index (χ1v) is 8.21. The summed E-state index contributed by atoms with van der Waals surface area (Å²) in [7, 11) is -1.33. The summed E-state index contributed by atoms with van der Waals surface area (Å²) < 4.78 is 5.68. The summed E-state index contributed by atoms with van der Waals surface area (Å²) in [6, 6.07) is 0. The van der Waals surface area contributed by atoms with Crippen molar-refractivity contribution in [2.45, 2.75) is 45.8 Å². The maximum absolute atomic E-state index is 10.1.